The molecule has 0 bridgehead atoms. The highest BCUT2D eigenvalue weighted by Gasteiger charge is 2.23. The molecule has 2 aliphatic heterocycles. The van der Waals surface area contributed by atoms with Gasteiger partial charge < -0.3 is 14.7 Å². The number of carbonyl (C=O) groups is 1. The molecule has 4 rings (SSSR count). The molecule has 0 aliphatic carbocycles. The Kier molecular flexibility index (Phi) is 5.00. The summed E-state index contributed by atoms with van der Waals surface area (Å²) in [6, 6.07) is 7.94. The van der Waals surface area contributed by atoms with Gasteiger partial charge in [-0.1, -0.05) is 6.07 Å². The molecule has 2 aliphatic rings. The van der Waals surface area contributed by atoms with Gasteiger partial charge in [0.05, 0.1) is 17.4 Å². The number of piperazine rings is 1. The largest absolute Gasteiger partial charge is 0.370 e. The van der Waals surface area contributed by atoms with E-state index in [4.69, 9.17) is 0 Å². The number of anilines is 2. The maximum Gasteiger partial charge on any atom is 0.255 e. The lowest BCUT2D eigenvalue weighted by molar-refractivity contribution is 0.0746. The van der Waals surface area contributed by atoms with Crippen molar-refractivity contribution in [3.05, 3.63) is 48.4 Å². The van der Waals surface area contributed by atoms with Crippen LogP contribution >= 0.6 is 0 Å². The molecule has 6 heteroatoms. The summed E-state index contributed by atoms with van der Waals surface area (Å²) >= 11 is 0. The van der Waals surface area contributed by atoms with E-state index in [1.807, 2.05) is 41.6 Å². The van der Waals surface area contributed by atoms with E-state index in [1.54, 1.807) is 6.20 Å². The Morgan fingerprint density at radius 3 is 2.42 bits per heavy atom. The van der Waals surface area contributed by atoms with Crippen LogP contribution in [0.3, 0.4) is 0 Å². The van der Waals surface area contributed by atoms with E-state index in [1.165, 1.54) is 19.3 Å². The predicted molar refractivity (Wildman–Crippen MR) is 103 cm³/mol. The standard InChI is InChI=1S/C20H25N5O/c26-20(17-14-18(16-21-15-17)23-8-4-1-5-9-23)25-12-10-24(11-13-25)19-6-2-3-7-22-19/h2-3,6-7,14-16H,1,4-5,8-13H2. The summed E-state index contributed by atoms with van der Waals surface area (Å²) in [7, 11) is 0. The van der Waals surface area contributed by atoms with Gasteiger partial charge in [0, 0.05) is 51.7 Å². The number of amides is 1. The molecule has 0 aromatic carbocycles. The fourth-order valence-corrected chi connectivity index (χ4v) is 3.73. The van der Waals surface area contributed by atoms with Gasteiger partial charge in [0.2, 0.25) is 0 Å². The minimum Gasteiger partial charge on any atom is -0.370 e. The van der Waals surface area contributed by atoms with Gasteiger partial charge in [-0.05, 0) is 37.5 Å². The predicted octanol–water partition coefficient (Wildman–Crippen LogP) is 2.43. The third-order valence-corrected chi connectivity index (χ3v) is 5.23. The number of rotatable bonds is 3. The van der Waals surface area contributed by atoms with Gasteiger partial charge in [0.15, 0.2) is 0 Å². The van der Waals surface area contributed by atoms with Crippen LogP contribution in [0.15, 0.2) is 42.9 Å². The molecule has 2 aromatic rings. The lowest BCUT2D eigenvalue weighted by Crippen LogP contribution is -2.49. The molecule has 4 heterocycles. The fraction of sp³-hybridized carbons (Fsp3) is 0.450. The van der Waals surface area contributed by atoms with Crippen LogP contribution in [0.5, 0.6) is 0 Å². The highest BCUT2D eigenvalue weighted by atomic mass is 16.2. The molecule has 2 saturated heterocycles. The molecule has 0 radical (unpaired) electrons. The van der Waals surface area contributed by atoms with Crippen molar-refractivity contribution in [3.8, 4) is 0 Å². The molecule has 0 saturated carbocycles. The second kappa shape index (κ2) is 7.72. The Morgan fingerprint density at radius 1 is 0.885 bits per heavy atom. The average Bonchev–Trinajstić information content (AvgIpc) is 2.75. The number of nitrogens with zero attached hydrogens (tertiary/aromatic N) is 5. The van der Waals surface area contributed by atoms with E-state index < -0.39 is 0 Å². The third kappa shape index (κ3) is 3.64. The number of piperidine rings is 1. The third-order valence-electron chi connectivity index (χ3n) is 5.23. The van der Waals surface area contributed by atoms with E-state index in [0.29, 0.717) is 18.7 Å². The lowest BCUT2D eigenvalue weighted by atomic mass is 10.1. The number of hydrogen-bond acceptors (Lipinski definition) is 5. The summed E-state index contributed by atoms with van der Waals surface area (Å²) in [5.74, 6) is 1.06. The van der Waals surface area contributed by atoms with Crippen LogP contribution in [-0.4, -0.2) is 60.0 Å². The van der Waals surface area contributed by atoms with E-state index in [2.05, 4.69) is 19.8 Å². The Balaban J connectivity index is 1.40. The molecule has 0 spiro atoms. The van der Waals surface area contributed by atoms with Crippen LogP contribution in [0, 0.1) is 0 Å². The second-order valence-corrected chi connectivity index (χ2v) is 6.95. The summed E-state index contributed by atoms with van der Waals surface area (Å²) in [5, 5.41) is 0. The van der Waals surface area contributed by atoms with E-state index in [9.17, 15) is 4.79 Å². The van der Waals surface area contributed by atoms with Gasteiger partial charge in [-0.3, -0.25) is 9.78 Å². The summed E-state index contributed by atoms with van der Waals surface area (Å²) in [6.07, 6.45) is 9.11. The highest BCUT2D eigenvalue weighted by Crippen LogP contribution is 2.21. The molecule has 136 valence electrons. The second-order valence-electron chi connectivity index (χ2n) is 6.95. The van der Waals surface area contributed by atoms with Gasteiger partial charge in [-0.25, -0.2) is 4.98 Å². The molecule has 6 nitrogen and oxygen atoms in total. The quantitative estimate of drug-likeness (QED) is 0.850. The molecule has 0 unspecified atom stereocenters. The lowest BCUT2D eigenvalue weighted by Gasteiger charge is -2.35. The Labute approximate surface area is 154 Å². The summed E-state index contributed by atoms with van der Waals surface area (Å²) in [6.45, 7) is 5.15. The zero-order chi connectivity index (χ0) is 17.8. The van der Waals surface area contributed by atoms with E-state index in [0.717, 1.165) is 37.7 Å². The van der Waals surface area contributed by atoms with Crippen LogP contribution in [0.2, 0.25) is 0 Å². The van der Waals surface area contributed by atoms with Crippen LogP contribution in [-0.2, 0) is 0 Å². The molecule has 1 amide bonds. The first-order chi connectivity index (χ1) is 12.8. The highest BCUT2D eigenvalue weighted by molar-refractivity contribution is 5.95. The SMILES string of the molecule is O=C(c1cncc(N2CCCCC2)c1)N1CCN(c2ccccn2)CC1. The number of pyridine rings is 2. The Hall–Kier alpha value is -2.63. The average molecular weight is 351 g/mol. The van der Waals surface area contributed by atoms with Crippen molar-refractivity contribution in [1.82, 2.24) is 14.9 Å². The van der Waals surface area contributed by atoms with Gasteiger partial charge >= 0.3 is 0 Å². The summed E-state index contributed by atoms with van der Waals surface area (Å²) < 4.78 is 0. The van der Waals surface area contributed by atoms with Crippen molar-refractivity contribution in [2.45, 2.75) is 19.3 Å². The maximum absolute atomic E-state index is 12.9. The number of aromatic nitrogens is 2. The fourth-order valence-electron chi connectivity index (χ4n) is 3.73. The van der Waals surface area contributed by atoms with Gasteiger partial charge in [-0.15, -0.1) is 0 Å². The van der Waals surface area contributed by atoms with E-state index in [-0.39, 0.29) is 5.91 Å². The zero-order valence-corrected chi connectivity index (χ0v) is 15.0. The topological polar surface area (TPSA) is 52.6 Å². The van der Waals surface area contributed by atoms with Gasteiger partial charge in [-0.2, -0.15) is 0 Å². The first kappa shape index (κ1) is 16.8. The molecule has 0 atom stereocenters. The Bertz CT molecular complexity index is 737. The van der Waals surface area contributed by atoms with Crippen molar-refractivity contribution in [2.24, 2.45) is 0 Å². The zero-order valence-electron chi connectivity index (χ0n) is 15.0. The van der Waals surface area contributed by atoms with Crippen molar-refractivity contribution >= 4 is 17.4 Å². The minimum absolute atomic E-state index is 0.0806. The van der Waals surface area contributed by atoms with E-state index >= 15 is 0 Å². The first-order valence-corrected chi connectivity index (χ1v) is 9.46. The number of hydrogen-bond donors (Lipinski definition) is 0. The molecular weight excluding hydrogens is 326 g/mol. The summed E-state index contributed by atoms with van der Waals surface area (Å²) in [5.41, 5.74) is 1.77. The number of carbonyl (C=O) groups excluding carboxylic acids is 1. The van der Waals surface area contributed by atoms with Crippen molar-refractivity contribution in [2.75, 3.05) is 49.1 Å². The maximum atomic E-state index is 12.9. The van der Waals surface area contributed by atoms with Crippen molar-refractivity contribution < 1.29 is 4.79 Å². The van der Waals surface area contributed by atoms with Crippen LogP contribution < -0.4 is 9.80 Å². The van der Waals surface area contributed by atoms with Gasteiger partial charge in [0.1, 0.15) is 5.82 Å². The molecule has 2 fully saturated rings. The molecule has 0 N–H and O–H groups in total. The van der Waals surface area contributed by atoms with Crippen molar-refractivity contribution in [1.29, 1.82) is 0 Å². The van der Waals surface area contributed by atoms with Crippen LogP contribution in [0.4, 0.5) is 11.5 Å². The van der Waals surface area contributed by atoms with Crippen molar-refractivity contribution in [3.63, 3.8) is 0 Å². The van der Waals surface area contributed by atoms with Crippen LogP contribution in [0.25, 0.3) is 0 Å². The molecule has 26 heavy (non-hydrogen) atoms. The molecular formula is C20H25N5O. The molecule has 2 aromatic heterocycles. The normalized spacial score (nSPS) is 18.1. The summed E-state index contributed by atoms with van der Waals surface area (Å²) in [4.78, 5) is 28.1. The minimum atomic E-state index is 0.0806. The van der Waals surface area contributed by atoms with Gasteiger partial charge in [0.25, 0.3) is 5.91 Å². The first-order valence-electron chi connectivity index (χ1n) is 9.46. The monoisotopic (exact) mass is 351 g/mol. The van der Waals surface area contributed by atoms with Crippen LogP contribution in [0.1, 0.15) is 29.6 Å². The smallest absolute Gasteiger partial charge is 0.255 e. The Morgan fingerprint density at radius 2 is 1.69 bits per heavy atom.